The van der Waals surface area contributed by atoms with Gasteiger partial charge in [0.1, 0.15) is 0 Å². The maximum Gasteiger partial charge on any atom is 0.0749 e. The van der Waals surface area contributed by atoms with Crippen molar-refractivity contribution >= 4 is 33.3 Å². The molecule has 51 heavy (non-hydrogen) atoms. The molecule has 0 saturated heterocycles. The van der Waals surface area contributed by atoms with E-state index in [-0.39, 0.29) is 5.92 Å². The number of rotatable bonds is 10. The van der Waals surface area contributed by atoms with E-state index in [0.717, 1.165) is 45.7 Å². The standard InChI is InChI=1S/C50H43N/c1-35-32-33-40-22-14-18-30-46(40)48(35)47-31-19-16-28-44(47)34-43-27-15-17-29-45(43)36(2)37(3)49(41-23-10-6-11-24-41)50(42-25-12-7-13-26-42)51-38(4)39-20-8-5-9-21-39/h5-33,37H,2,34H2,1,3-4H3/b50-49+,51-38?/t37-/m1/s1. The van der Waals surface area contributed by atoms with Crippen LogP contribution >= 0.6 is 0 Å². The largest absolute Gasteiger partial charge is 0.252 e. The Kier molecular flexibility index (Phi) is 9.99. The van der Waals surface area contributed by atoms with Crippen LogP contribution in [0, 0.1) is 12.8 Å². The minimum atomic E-state index is -0.0355. The minimum Gasteiger partial charge on any atom is -0.252 e. The van der Waals surface area contributed by atoms with Crippen LogP contribution in [0.25, 0.3) is 38.7 Å². The lowest BCUT2D eigenvalue weighted by atomic mass is 9.80. The maximum atomic E-state index is 5.41. The Bertz CT molecular complexity index is 2360. The van der Waals surface area contributed by atoms with Crippen molar-refractivity contribution in [2.24, 2.45) is 10.9 Å². The molecule has 1 heteroatoms. The summed E-state index contributed by atoms with van der Waals surface area (Å²) in [6.07, 6.45) is 0.794. The fourth-order valence-corrected chi connectivity index (χ4v) is 7.25. The molecule has 0 spiro atoms. The van der Waals surface area contributed by atoms with Crippen LogP contribution in [0.4, 0.5) is 0 Å². The lowest BCUT2D eigenvalue weighted by molar-refractivity contribution is 0.983. The minimum absolute atomic E-state index is 0.0355. The molecule has 0 radical (unpaired) electrons. The Labute approximate surface area is 303 Å². The number of aliphatic imine (C=N–C) groups is 1. The summed E-state index contributed by atoms with van der Waals surface area (Å²) in [6, 6.07) is 62.6. The van der Waals surface area contributed by atoms with Gasteiger partial charge in [-0.2, -0.15) is 0 Å². The number of hydrogen-bond donors (Lipinski definition) is 0. The summed E-state index contributed by atoms with van der Waals surface area (Å²) in [5, 5.41) is 2.55. The summed E-state index contributed by atoms with van der Waals surface area (Å²) in [5.74, 6) is -0.0355. The zero-order chi connectivity index (χ0) is 35.2. The summed E-state index contributed by atoms with van der Waals surface area (Å²) >= 11 is 0. The number of nitrogens with zero attached hydrogens (tertiary/aromatic N) is 1. The first-order chi connectivity index (χ1) is 25.0. The fraction of sp³-hybridized carbons (Fsp3) is 0.100. The van der Waals surface area contributed by atoms with E-state index in [1.54, 1.807) is 0 Å². The molecule has 0 heterocycles. The Balaban J connectivity index is 1.35. The Morgan fingerprint density at radius 1 is 0.569 bits per heavy atom. The van der Waals surface area contributed by atoms with Gasteiger partial charge in [0.15, 0.2) is 0 Å². The van der Waals surface area contributed by atoms with Crippen molar-refractivity contribution in [1.29, 1.82) is 0 Å². The second-order valence-electron chi connectivity index (χ2n) is 13.3. The highest BCUT2D eigenvalue weighted by Crippen LogP contribution is 2.41. The number of benzene rings is 7. The van der Waals surface area contributed by atoms with E-state index in [0.29, 0.717) is 0 Å². The smallest absolute Gasteiger partial charge is 0.0749 e. The fourth-order valence-electron chi connectivity index (χ4n) is 7.25. The van der Waals surface area contributed by atoms with Crippen molar-refractivity contribution in [3.05, 3.63) is 221 Å². The molecular formula is C50H43N. The van der Waals surface area contributed by atoms with Crippen molar-refractivity contribution in [2.45, 2.75) is 27.2 Å². The Morgan fingerprint density at radius 3 is 1.82 bits per heavy atom. The summed E-state index contributed by atoms with van der Waals surface area (Å²) < 4.78 is 0. The topological polar surface area (TPSA) is 12.4 Å². The molecule has 1 nitrogen and oxygen atoms in total. The summed E-state index contributed by atoms with van der Waals surface area (Å²) in [7, 11) is 0. The van der Waals surface area contributed by atoms with Gasteiger partial charge in [0.05, 0.1) is 5.70 Å². The second kappa shape index (κ2) is 15.2. The molecular weight excluding hydrogens is 615 g/mol. The van der Waals surface area contributed by atoms with E-state index in [9.17, 15) is 0 Å². The van der Waals surface area contributed by atoms with Gasteiger partial charge in [-0.3, -0.25) is 4.99 Å². The van der Waals surface area contributed by atoms with E-state index >= 15 is 0 Å². The van der Waals surface area contributed by atoms with Crippen molar-refractivity contribution in [1.82, 2.24) is 0 Å². The van der Waals surface area contributed by atoms with Crippen molar-refractivity contribution in [3.8, 4) is 11.1 Å². The third kappa shape index (κ3) is 7.16. The van der Waals surface area contributed by atoms with Crippen LogP contribution in [0.1, 0.15) is 52.8 Å². The highest BCUT2D eigenvalue weighted by Gasteiger charge is 2.23. The number of fused-ring (bicyclic) bond motifs is 1. The predicted octanol–water partition coefficient (Wildman–Crippen LogP) is 13.1. The average Bonchev–Trinajstić information content (AvgIpc) is 3.19. The molecule has 1 atom stereocenters. The molecule has 0 unspecified atom stereocenters. The van der Waals surface area contributed by atoms with Crippen molar-refractivity contribution < 1.29 is 0 Å². The van der Waals surface area contributed by atoms with Crippen LogP contribution in [0.3, 0.4) is 0 Å². The molecule has 7 aromatic rings. The van der Waals surface area contributed by atoms with Crippen LogP contribution in [0.2, 0.25) is 0 Å². The average molecular weight is 658 g/mol. The van der Waals surface area contributed by atoms with Crippen LogP contribution in [0.5, 0.6) is 0 Å². The Morgan fingerprint density at radius 2 is 1.12 bits per heavy atom. The zero-order valence-electron chi connectivity index (χ0n) is 29.7. The quantitative estimate of drug-likeness (QED) is 0.103. The SMILES string of the molecule is C=C(c1ccccc1Cc1ccccc1-c1c(C)ccc2ccccc12)[C@@H](C)/C(=C(\N=C(C)c1ccccc1)c1ccccc1)c1ccccc1. The van der Waals surface area contributed by atoms with E-state index in [4.69, 9.17) is 11.6 Å². The summed E-state index contributed by atoms with van der Waals surface area (Å²) in [5.41, 5.74) is 15.1. The maximum absolute atomic E-state index is 5.41. The van der Waals surface area contributed by atoms with E-state index in [2.05, 4.69) is 191 Å². The van der Waals surface area contributed by atoms with Gasteiger partial charge in [0.25, 0.3) is 0 Å². The van der Waals surface area contributed by atoms with Crippen LogP contribution in [-0.4, -0.2) is 5.71 Å². The van der Waals surface area contributed by atoms with Gasteiger partial charge in [0.2, 0.25) is 0 Å². The number of hydrogen-bond acceptors (Lipinski definition) is 1. The highest BCUT2D eigenvalue weighted by molar-refractivity contribution is 6.06. The van der Waals surface area contributed by atoms with Crippen LogP contribution < -0.4 is 0 Å². The molecule has 0 saturated carbocycles. The first-order valence-electron chi connectivity index (χ1n) is 17.8. The van der Waals surface area contributed by atoms with Gasteiger partial charge in [-0.15, -0.1) is 0 Å². The monoisotopic (exact) mass is 657 g/mol. The van der Waals surface area contributed by atoms with Gasteiger partial charge in [0, 0.05) is 17.2 Å². The van der Waals surface area contributed by atoms with Gasteiger partial charge < -0.3 is 0 Å². The third-order valence-corrected chi connectivity index (χ3v) is 9.98. The van der Waals surface area contributed by atoms with Crippen LogP contribution in [-0.2, 0) is 6.42 Å². The first-order valence-corrected chi connectivity index (χ1v) is 17.8. The van der Waals surface area contributed by atoms with Crippen molar-refractivity contribution in [2.75, 3.05) is 0 Å². The lowest BCUT2D eigenvalue weighted by Gasteiger charge is -2.24. The van der Waals surface area contributed by atoms with E-state index in [1.165, 1.54) is 44.2 Å². The number of aryl methyl sites for hydroxylation is 1. The second-order valence-corrected chi connectivity index (χ2v) is 13.3. The van der Waals surface area contributed by atoms with Gasteiger partial charge in [-0.1, -0.05) is 189 Å². The molecule has 0 aliphatic heterocycles. The van der Waals surface area contributed by atoms with Gasteiger partial charge in [-0.25, -0.2) is 0 Å². The van der Waals surface area contributed by atoms with E-state index in [1.807, 2.05) is 6.07 Å². The molecule has 7 rings (SSSR count). The Hall–Kier alpha value is -6.05. The third-order valence-electron chi connectivity index (χ3n) is 9.98. The zero-order valence-corrected chi connectivity index (χ0v) is 29.7. The lowest BCUT2D eigenvalue weighted by Crippen LogP contribution is -2.08. The summed E-state index contributed by atoms with van der Waals surface area (Å²) in [4.78, 5) is 5.41. The molecule has 0 aromatic heterocycles. The normalized spacial score (nSPS) is 12.7. The predicted molar refractivity (Wildman–Crippen MR) is 220 cm³/mol. The molecule has 0 aliphatic carbocycles. The molecule has 0 bridgehead atoms. The van der Waals surface area contributed by atoms with Gasteiger partial charge >= 0.3 is 0 Å². The van der Waals surface area contributed by atoms with Crippen LogP contribution in [0.15, 0.2) is 187 Å². The van der Waals surface area contributed by atoms with Gasteiger partial charge in [-0.05, 0) is 86.7 Å². The van der Waals surface area contributed by atoms with Crippen molar-refractivity contribution in [3.63, 3.8) is 0 Å². The molecule has 0 amide bonds. The molecule has 248 valence electrons. The molecule has 7 aromatic carbocycles. The number of allylic oxidation sites excluding steroid dienone is 2. The molecule has 0 fully saturated rings. The van der Waals surface area contributed by atoms with E-state index < -0.39 is 0 Å². The first kappa shape index (κ1) is 33.4. The molecule has 0 N–H and O–H groups in total. The molecule has 0 aliphatic rings. The summed E-state index contributed by atoms with van der Waals surface area (Å²) in [6.45, 7) is 11.4. The highest BCUT2D eigenvalue weighted by atomic mass is 14.8.